The average molecular weight is 305 g/mol. The maximum Gasteiger partial charge on any atom is 0.262 e. The summed E-state index contributed by atoms with van der Waals surface area (Å²) >= 11 is 5.99. The Kier molecular flexibility index (Phi) is 4.70. The lowest BCUT2D eigenvalue weighted by atomic mass is 10.1. The van der Waals surface area contributed by atoms with Crippen LogP contribution in [0.3, 0.4) is 0 Å². The summed E-state index contributed by atoms with van der Waals surface area (Å²) in [4.78, 5) is 14.4. The molecule has 5 heteroatoms. The minimum absolute atomic E-state index is 0.178. The Morgan fingerprint density at radius 2 is 2.05 bits per heavy atom. The molecule has 0 aromatic heterocycles. The molecule has 2 aromatic carbocycles. The van der Waals surface area contributed by atoms with Gasteiger partial charge in [-0.15, -0.1) is 0 Å². The van der Waals surface area contributed by atoms with Crippen molar-refractivity contribution >= 4 is 28.9 Å². The number of nitrogens with two attached hydrogens (primary N) is 1. The highest BCUT2D eigenvalue weighted by molar-refractivity contribution is 6.31. The van der Waals surface area contributed by atoms with Crippen LogP contribution in [-0.4, -0.2) is 19.6 Å². The summed E-state index contributed by atoms with van der Waals surface area (Å²) in [7, 11) is 1.52. The molecule has 0 fully saturated rings. The monoisotopic (exact) mass is 304 g/mol. The average Bonchev–Trinajstić information content (AvgIpc) is 2.48. The molecule has 0 atom stereocenters. The third kappa shape index (κ3) is 3.28. The van der Waals surface area contributed by atoms with E-state index in [4.69, 9.17) is 22.1 Å². The van der Waals surface area contributed by atoms with Crippen molar-refractivity contribution in [3.63, 3.8) is 0 Å². The molecule has 2 rings (SSSR count). The number of methoxy groups -OCH3 is 1. The van der Waals surface area contributed by atoms with Crippen molar-refractivity contribution < 1.29 is 9.53 Å². The topological polar surface area (TPSA) is 55.6 Å². The van der Waals surface area contributed by atoms with Crippen LogP contribution in [0.4, 0.5) is 11.4 Å². The summed E-state index contributed by atoms with van der Waals surface area (Å²) in [6, 6.07) is 12.2. The van der Waals surface area contributed by atoms with Gasteiger partial charge in [-0.2, -0.15) is 0 Å². The molecular weight excluding hydrogens is 288 g/mol. The van der Waals surface area contributed by atoms with Gasteiger partial charge in [-0.25, -0.2) is 0 Å². The lowest BCUT2D eigenvalue weighted by Crippen LogP contribution is -2.31. The molecule has 0 spiro atoms. The van der Waals surface area contributed by atoms with E-state index in [1.807, 2.05) is 19.1 Å². The lowest BCUT2D eigenvalue weighted by molar-refractivity contribution is 0.0985. The maximum absolute atomic E-state index is 12.8. The van der Waals surface area contributed by atoms with Gasteiger partial charge < -0.3 is 15.4 Å². The molecule has 4 nitrogen and oxygen atoms in total. The first kappa shape index (κ1) is 15.2. The van der Waals surface area contributed by atoms with Crippen molar-refractivity contribution in [1.82, 2.24) is 0 Å². The Labute approximate surface area is 129 Å². The van der Waals surface area contributed by atoms with Gasteiger partial charge in [0.15, 0.2) is 0 Å². The molecule has 0 aliphatic rings. The van der Waals surface area contributed by atoms with Crippen molar-refractivity contribution in [1.29, 1.82) is 0 Å². The van der Waals surface area contributed by atoms with Gasteiger partial charge in [-0.05, 0) is 43.3 Å². The van der Waals surface area contributed by atoms with Gasteiger partial charge in [0.05, 0.1) is 12.7 Å². The van der Waals surface area contributed by atoms with Crippen molar-refractivity contribution in [2.45, 2.75) is 6.92 Å². The van der Waals surface area contributed by atoms with E-state index in [0.29, 0.717) is 28.6 Å². The molecule has 0 saturated heterocycles. The van der Waals surface area contributed by atoms with E-state index in [0.717, 1.165) is 5.69 Å². The van der Waals surface area contributed by atoms with Crippen molar-refractivity contribution in [2.24, 2.45) is 0 Å². The van der Waals surface area contributed by atoms with E-state index in [2.05, 4.69) is 0 Å². The highest BCUT2D eigenvalue weighted by Crippen LogP contribution is 2.27. The molecule has 21 heavy (non-hydrogen) atoms. The van der Waals surface area contributed by atoms with E-state index < -0.39 is 0 Å². The van der Waals surface area contributed by atoms with Gasteiger partial charge in [-0.3, -0.25) is 4.79 Å². The van der Waals surface area contributed by atoms with Crippen LogP contribution in [0.5, 0.6) is 5.75 Å². The largest absolute Gasteiger partial charge is 0.496 e. The number of nitrogens with zero attached hydrogens (tertiary/aromatic N) is 1. The van der Waals surface area contributed by atoms with E-state index in [9.17, 15) is 4.79 Å². The first-order chi connectivity index (χ1) is 10.1. The van der Waals surface area contributed by atoms with E-state index in [1.165, 1.54) is 7.11 Å². The quantitative estimate of drug-likeness (QED) is 0.878. The molecule has 2 aromatic rings. The zero-order valence-corrected chi connectivity index (χ0v) is 12.7. The summed E-state index contributed by atoms with van der Waals surface area (Å²) in [6.45, 7) is 2.41. The van der Waals surface area contributed by atoms with Gasteiger partial charge in [0.2, 0.25) is 0 Å². The summed E-state index contributed by atoms with van der Waals surface area (Å²) in [5, 5.41) is 0.489. The highest BCUT2D eigenvalue weighted by atomic mass is 35.5. The SMILES string of the molecule is CCN(C(=O)c1cc(Cl)ccc1OC)c1cccc(N)c1. The standard InChI is InChI=1S/C16H17ClN2O2/c1-3-19(13-6-4-5-12(18)10-13)16(20)14-9-11(17)7-8-15(14)21-2/h4-10H,3,18H2,1-2H3. The second-order valence-electron chi connectivity index (χ2n) is 4.49. The van der Waals surface area contributed by atoms with Crippen molar-refractivity contribution in [3.8, 4) is 5.75 Å². The summed E-state index contributed by atoms with van der Waals surface area (Å²) in [5.74, 6) is 0.314. The maximum atomic E-state index is 12.8. The zero-order chi connectivity index (χ0) is 15.4. The summed E-state index contributed by atoms with van der Waals surface area (Å²) in [6.07, 6.45) is 0. The Morgan fingerprint density at radius 3 is 2.67 bits per heavy atom. The number of hydrogen-bond acceptors (Lipinski definition) is 3. The number of anilines is 2. The Morgan fingerprint density at radius 1 is 1.29 bits per heavy atom. The molecule has 0 unspecified atom stereocenters. The van der Waals surface area contributed by atoms with Gasteiger partial charge >= 0.3 is 0 Å². The number of halogens is 1. The van der Waals surface area contributed by atoms with Crippen LogP contribution in [0.25, 0.3) is 0 Å². The van der Waals surface area contributed by atoms with Crippen molar-refractivity contribution in [3.05, 3.63) is 53.1 Å². The van der Waals surface area contributed by atoms with Crippen LogP contribution in [0, 0.1) is 0 Å². The predicted octanol–water partition coefficient (Wildman–Crippen LogP) is 3.60. The fourth-order valence-electron chi connectivity index (χ4n) is 2.13. The number of rotatable bonds is 4. The third-order valence-corrected chi connectivity index (χ3v) is 3.37. The zero-order valence-electron chi connectivity index (χ0n) is 12.0. The van der Waals surface area contributed by atoms with Crippen LogP contribution >= 0.6 is 11.6 Å². The fraction of sp³-hybridized carbons (Fsp3) is 0.188. The molecule has 110 valence electrons. The fourth-order valence-corrected chi connectivity index (χ4v) is 2.30. The van der Waals surface area contributed by atoms with Crippen LogP contribution in [0.2, 0.25) is 5.02 Å². The molecule has 0 heterocycles. The first-order valence-electron chi connectivity index (χ1n) is 6.57. The predicted molar refractivity (Wildman–Crippen MR) is 86.2 cm³/mol. The second-order valence-corrected chi connectivity index (χ2v) is 4.93. The number of amides is 1. The molecule has 0 bridgehead atoms. The molecule has 1 amide bonds. The first-order valence-corrected chi connectivity index (χ1v) is 6.95. The van der Waals surface area contributed by atoms with Gasteiger partial charge in [-0.1, -0.05) is 17.7 Å². The van der Waals surface area contributed by atoms with E-state index in [1.54, 1.807) is 35.2 Å². The van der Waals surface area contributed by atoms with Gasteiger partial charge in [0, 0.05) is 22.9 Å². The second kappa shape index (κ2) is 6.50. The molecular formula is C16H17ClN2O2. The number of ether oxygens (including phenoxy) is 1. The van der Waals surface area contributed by atoms with E-state index >= 15 is 0 Å². The Balaban J connectivity index is 2.43. The number of carbonyl (C=O) groups is 1. The number of carbonyl (C=O) groups excluding carboxylic acids is 1. The van der Waals surface area contributed by atoms with Gasteiger partial charge in [0.1, 0.15) is 5.75 Å². The molecule has 0 saturated carbocycles. The molecule has 0 radical (unpaired) electrons. The Bertz CT molecular complexity index is 658. The van der Waals surface area contributed by atoms with Crippen LogP contribution in [-0.2, 0) is 0 Å². The Hall–Kier alpha value is -2.20. The normalized spacial score (nSPS) is 10.2. The lowest BCUT2D eigenvalue weighted by Gasteiger charge is -2.22. The number of hydrogen-bond donors (Lipinski definition) is 1. The highest BCUT2D eigenvalue weighted by Gasteiger charge is 2.20. The minimum Gasteiger partial charge on any atom is -0.496 e. The van der Waals surface area contributed by atoms with Gasteiger partial charge in [0.25, 0.3) is 5.91 Å². The number of nitrogen functional groups attached to an aromatic ring is 1. The molecule has 0 aliphatic carbocycles. The molecule has 2 N–H and O–H groups in total. The minimum atomic E-state index is -0.178. The van der Waals surface area contributed by atoms with Crippen LogP contribution in [0.15, 0.2) is 42.5 Å². The smallest absolute Gasteiger partial charge is 0.262 e. The van der Waals surface area contributed by atoms with Crippen molar-refractivity contribution in [2.75, 3.05) is 24.3 Å². The summed E-state index contributed by atoms with van der Waals surface area (Å²) < 4.78 is 5.24. The molecule has 0 aliphatic heterocycles. The van der Waals surface area contributed by atoms with E-state index in [-0.39, 0.29) is 5.91 Å². The third-order valence-electron chi connectivity index (χ3n) is 3.14. The number of benzene rings is 2. The van der Waals surface area contributed by atoms with Crippen LogP contribution < -0.4 is 15.4 Å². The van der Waals surface area contributed by atoms with Crippen LogP contribution in [0.1, 0.15) is 17.3 Å². The summed E-state index contributed by atoms with van der Waals surface area (Å²) in [5.41, 5.74) is 7.56.